The highest BCUT2D eigenvalue weighted by atomic mass is 35.5. The van der Waals surface area contributed by atoms with Crippen LogP contribution in [0.1, 0.15) is 92.8 Å². The normalized spacial score (nSPS) is 26.3. The summed E-state index contributed by atoms with van der Waals surface area (Å²) in [7, 11) is 1.90. The van der Waals surface area contributed by atoms with Gasteiger partial charge in [-0.05, 0) is 63.1 Å². The molecule has 4 aliphatic rings. The van der Waals surface area contributed by atoms with Gasteiger partial charge in [0.15, 0.2) is 0 Å². The Bertz CT molecular complexity index is 1370. The number of hydrogen-bond acceptors (Lipinski definition) is 6. The Balaban J connectivity index is 1.36. The first-order valence-electron chi connectivity index (χ1n) is 14.8. The third-order valence-corrected chi connectivity index (χ3v) is 10.0. The molecule has 220 valence electrons. The van der Waals surface area contributed by atoms with E-state index in [1.165, 1.54) is 0 Å². The second-order valence-corrected chi connectivity index (χ2v) is 12.7. The van der Waals surface area contributed by atoms with Crippen LogP contribution in [0.25, 0.3) is 0 Å². The molecule has 11 heteroatoms. The molecular weight excluding hydrogens is 546 g/mol. The van der Waals surface area contributed by atoms with Crippen molar-refractivity contribution >= 4 is 29.4 Å². The lowest BCUT2D eigenvalue weighted by Crippen LogP contribution is -2.52. The number of carboxylic acid groups (broad SMARTS) is 1. The fourth-order valence-corrected chi connectivity index (χ4v) is 7.42. The van der Waals surface area contributed by atoms with E-state index in [9.17, 15) is 19.5 Å². The topological polar surface area (TPSA) is 118 Å². The maximum Gasteiger partial charge on any atom is 0.310 e. The van der Waals surface area contributed by atoms with Crippen molar-refractivity contribution in [2.75, 3.05) is 19.6 Å². The minimum absolute atomic E-state index is 0.0655. The molecule has 3 fully saturated rings. The lowest BCUT2D eigenvalue weighted by atomic mass is 9.66. The van der Waals surface area contributed by atoms with Crippen LogP contribution in [0.3, 0.4) is 0 Å². The lowest BCUT2D eigenvalue weighted by Gasteiger charge is -2.45. The van der Waals surface area contributed by atoms with E-state index in [1.54, 1.807) is 6.92 Å². The molecule has 2 saturated carbocycles. The van der Waals surface area contributed by atoms with Crippen LogP contribution in [0, 0.1) is 11.3 Å². The van der Waals surface area contributed by atoms with E-state index in [4.69, 9.17) is 16.3 Å². The number of halogens is 1. The summed E-state index contributed by atoms with van der Waals surface area (Å²) in [4.78, 5) is 43.1. The quantitative estimate of drug-likeness (QED) is 0.493. The second-order valence-electron chi connectivity index (χ2n) is 12.3. The van der Waals surface area contributed by atoms with Crippen LogP contribution < -0.4 is 4.74 Å². The summed E-state index contributed by atoms with van der Waals surface area (Å²) >= 11 is 6.74. The summed E-state index contributed by atoms with van der Waals surface area (Å²) in [6.07, 6.45) is 6.64. The maximum atomic E-state index is 14.3. The van der Waals surface area contributed by atoms with Crippen molar-refractivity contribution in [2.24, 2.45) is 18.4 Å². The SMILES string of the molecule is Cn1nnc(COc2ccc(Cl)c3c2[C@@H](CN2CCCC2=O)N(C(=O)C2CCCCC2(C)C(=O)O)CC3)c1C1CC1. The zero-order valence-corrected chi connectivity index (χ0v) is 24.5. The first-order chi connectivity index (χ1) is 19.7. The summed E-state index contributed by atoms with van der Waals surface area (Å²) in [5.41, 5.74) is 2.49. The first-order valence-corrected chi connectivity index (χ1v) is 15.2. The Morgan fingerprint density at radius 2 is 1.95 bits per heavy atom. The number of amides is 2. The molecule has 0 spiro atoms. The molecule has 3 heterocycles. The van der Waals surface area contributed by atoms with E-state index >= 15 is 0 Å². The van der Waals surface area contributed by atoms with Crippen LogP contribution in [-0.2, 0) is 34.5 Å². The zero-order valence-electron chi connectivity index (χ0n) is 23.8. The molecule has 0 radical (unpaired) electrons. The minimum Gasteiger partial charge on any atom is -0.487 e. The molecule has 0 bridgehead atoms. The Kier molecular flexibility index (Phi) is 7.46. The van der Waals surface area contributed by atoms with Gasteiger partial charge in [-0.15, -0.1) is 5.10 Å². The van der Waals surface area contributed by atoms with Crippen molar-refractivity contribution in [3.05, 3.63) is 39.7 Å². The number of rotatable bonds is 8. The number of likely N-dealkylation sites (tertiary alicyclic amines) is 1. The summed E-state index contributed by atoms with van der Waals surface area (Å²) in [6.45, 7) is 3.30. The Morgan fingerprint density at radius 3 is 2.66 bits per heavy atom. The highest BCUT2D eigenvalue weighted by Crippen LogP contribution is 2.47. The third-order valence-electron chi connectivity index (χ3n) is 9.69. The van der Waals surface area contributed by atoms with E-state index in [0.29, 0.717) is 62.0 Å². The van der Waals surface area contributed by atoms with Crippen LogP contribution in [0.4, 0.5) is 0 Å². The molecule has 1 aromatic carbocycles. The molecule has 1 saturated heterocycles. The van der Waals surface area contributed by atoms with Crippen molar-refractivity contribution in [3.63, 3.8) is 0 Å². The molecule has 1 aromatic heterocycles. The van der Waals surface area contributed by atoms with Gasteiger partial charge >= 0.3 is 5.97 Å². The number of carbonyl (C=O) groups excluding carboxylic acids is 2. The lowest BCUT2D eigenvalue weighted by molar-refractivity contribution is -0.162. The summed E-state index contributed by atoms with van der Waals surface area (Å²) in [5, 5.41) is 19.3. The van der Waals surface area contributed by atoms with Crippen molar-refractivity contribution in [1.29, 1.82) is 0 Å². The van der Waals surface area contributed by atoms with Gasteiger partial charge in [-0.2, -0.15) is 0 Å². The number of fused-ring (bicyclic) bond motifs is 1. The average molecular weight is 584 g/mol. The zero-order chi connectivity index (χ0) is 28.9. The van der Waals surface area contributed by atoms with Crippen molar-refractivity contribution < 1.29 is 24.2 Å². The summed E-state index contributed by atoms with van der Waals surface area (Å²) in [5.74, 6) is -0.592. The third kappa shape index (κ3) is 5.08. The number of ether oxygens (including phenoxy) is 1. The summed E-state index contributed by atoms with van der Waals surface area (Å²) in [6, 6.07) is 3.17. The molecule has 3 atom stereocenters. The number of aryl methyl sites for hydroxylation is 1. The number of aromatic nitrogens is 3. The van der Waals surface area contributed by atoms with Gasteiger partial charge < -0.3 is 19.6 Å². The highest BCUT2D eigenvalue weighted by Gasteiger charge is 2.50. The molecule has 1 N–H and O–H groups in total. The maximum absolute atomic E-state index is 14.3. The van der Waals surface area contributed by atoms with Crippen molar-refractivity contribution in [3.8, 4) is 5.75 Å². The smallest absolute Gasteiger partial charge is 0.310 e. The van der Waals surface area contributed by atoms with Gasteiger partial charge in [-0.3, -0.25) is 19.1 Å². The van der Waals surface area contributed by atoms with E-state index in [0.717, 1.165) is 54.6 Å². The van der Waals surface area contributed by atoms with E-state index in [2.05, 4.69) is 10.3 Å². The number of hydrogen-bond donors (Lipinski definition) is 1. The molecule has 41 heavy (non-hydrogen) atoms. The van der Waals surface area contributed by atoms with Crippen LogP contribution >= 0.6 is 11.6 Å². The summed E-state index contributed by atoms with van der Waals surface area (Å²) < 4.78 is 8.26. The molecule has 2 unspecified atom stereocenters. The molecular formula is C30H38ClN5O5. The standard InChI is InChI=1S/C30H38ClN5O5/c1-30(29(39)40)13-4-3-6-20(30)28(38)36-15-12-19-21(31)10-11-24(26(19)23(36)16-35-14-5-7-25(35)37)41-17-22-27(18-8-9-18)34(2)33-32-22/h10-11,18,20,23H,3-9,12-17H2,1-2H3,(H,39,40)/t20?,23-,30?/m1/s1. The molecule has 10 nitrogen and oxygen atoms in total. The largest absolute Gasteiger partial charge is 0.487 e. The average Bonchev–Trinajstić information content (AvgIpc) is 3.61. The minimum atomic E-state index is -1.12. The number of aliphatic carboxylic acids is 1. The highest BCUT2D eigenvalue weighted by molar-refractivity contribution is 6.31. The number of nitrogens with zero attached hydrogens (tertiary/aromatic N) is 5. The van der Waals surface area contributed by atoms with Crippen molar-refractivity contribution in [2.45, 2.75) is 83.3 Å². The van der Waals surface area contributed by atoms with Gasteiger partial charge in [0.1, 0.15) is 18.1 Å². The van der Waals surface area contributed by atoms with Crippen LogP contribution in [0.15, 0.2) is 12.1 Å². The van der Waals surface area contributed by atoms with E-state index in [1.807, 2.05) is 33.7 Å². The van der Waals surface area contributed by atoms with Crippen LogP contribution in [0.5, 0.6) is 5.75 Å². The van der Waals surface area contributed by atoms with E-state index in [-0.39, 0.29) is 18.4 Å². The number of carbonyl (C=O) groups is 3. The van der Waals surface area contributed by atoms with Crippen LogP contribution in [-0.4, -0.2) is 67.3 Å². The second kappa shape index (κ2) is 10.9. The predicted octanol–water partition coefficient (Wildman–Crippen LogP) is 4.25. The fourth-order valence-electron chi connectivity index (χ4n) is 7.16. The van der Waals surface area contributed by atoms with Gasteiger partial charge in [-0.1, -0.05) is 29.7 Å². The van der Waals surface area contributed by atoms with Crippen molar-refractivity contribution in [1.82, 2.24) is 24.8 Å². The molecule has 2 aliphatic carbocycles. The number of carboxylic acids is 1. The Hall–Kier alpha value is -3.14. The van der Waals surface area contributed by atoms with Gasteiger partial charge in [0.05, 0.1) is 23.1 Å². The molecule has 2 aromatic rings. The Labute approximate surface area is 245 Å². The fraction of sp³-hybridized carbons (Fsp3) is 0.633. The van der Waals surface area contributed by atoms with Gasteiger partial charge in [0, 0.05) is 49.6 Å². The van der Waals surface area contributed by atoms with Gasteiger partial charge in [0.2, 0.25) is 11.8 Å². The Morgan fingerprint density at radius 1 is 1.15 bits per heavy atom. The monoisotopic (exact) mass is 583 g/mol. The van der Waals surface area contributed by atoms with Crippen LogP contribution in [0.2, 0.25) is 5.02 Å². The predicted molar refractivity (Wildman–Crippen MR) is 150 cm³/mol. The molecule has 2 aliphatic heterocycles. The molecule has 6 rings (SSSR count). The van der Waals surface area contributed by atoms with Gasteiger partial charge in [0.25, 0.3) is 0 Å². The number of benzene rings is 1. The van der Waals surface area contributed by atoms with Gasteiger partial charge in [-0.25, -0.2) is 0 Å². The van der Waals surface area contributed by atoms with E-state index < -0.39 is 23.3 Å². The first kappa shape index (κ1) is 28.0. The molecule has 2 amide bonds.